The van der Waals surface area contributed by atoms with Crippen molar-refractivity contribution in [3.63, 3.8) is 0 Å². The average molecular weight is 322 g/mol. The molecule has 0 aliphatic carbocycles. The van der Waals surface area contributed by atoms with Crippen LogP contribution in [0.15, 0.2) is 24.3 Å². The lowest BCUT2D eigenvalue weighted by Gasteiger charge is -2.17. The van der Waals surface area contributed by atoms with Crippen molar-refractivity contribution in [2.45, 2.75) is 46.6 Å². The lowest BCUT2D eigenvalue weighted by molar-refractivity contribution is -0.151. The number of rotatable bonds is 9. The van der Waals surface area contributed by atoms with E-state index in [9.17, 15) is 9.59 Å². The van der Waals surface area contributed by atoms with Crippen LogP contribution in [0, 0.1) is 5.92 Å². The molecule has 0 saturated heterocycles. The van der Waals surface area contributed by atoms with Gasteiger partial charge in [-0.3, -0.25) is 4.79 Å². The monoisotopic (exact) mass is 322 g/mol. The summed E-state index contributed by atoms with van der Waals surface area (Å²) in [6.45, 7) is 8.30. The molecule has 1 unspecified atom stereocenters. The summed E-state index contributed by atoms with van der Waals surface area (Å²) in [4.78, 5) is 23.2. The van der Waals surface area contributed by atoms with E-state index in [4.69, 9.17) is 14.2 Å². The number of carbonyl (C=O) groups excluding carboxylic acids is 2. The van der Waals surface area contributed by atoms with Crippen molar-refractivity contribution < 1.29 is 23.8 Å². The van der Waals surface area contributed by atoms with E-state index in [2.05, 4.69) is 0 Å². The Kier molecular flexibility index (Phi) is 8.16. The van der Waals surface area contributed by atoms with Gasteiger partial charge < -0.3 is 14.2 Å². The summed E-state index contributed by atoms with van der Waals surface area (Å²) in [5.41, 5.74) is 0.481. The Balaban J connectivity index is 2.49. The predicted octanol–water partition coefficient (Wildman–Crippen LogP) is 3.61. The predicted molar refractivity (Wildman–Crippen MR) is 87.5 cm³/mol. The summed E-state index contributed by atoms with van der Waals surface area (Å²) in [7, 11) is 0. The molecule has 1 rings (SSSR count). The van der Waals surface area contributed by atoms with Crippen molar-refractivity contribution in [2.75, 3.05) is 13.2 Å². The van der Waals surface area contributed by atoms with Gasteiger partial charge in [-0.2, -0.15) is 0 Å². The van der Waals surface area contributed by atoms with Crippen molar-refractivity contribution in [1.29, 1.82) is 0 Å². The van der Waals surface area contributed by atoms with Crippen molar-refractivity contribution in [3.05, 3.63) is 29.8 Å². The maximum atomic E-state index is 11.7. The Morgan fingerprint density at radius 1 is 1.09 bits per heavy atom. The molecule has 1 aromatic carbocycles. The number of hydrogen-bond acceptors (Lipinski definition) is 5. The van der Waals surface area contributed by atoms with Crippen LogP contribution in [0.1, 0.15) is 50.9 Å². The molecule has 0 heterocycles. The van der Waals surface area contributed by atoms with Crippen molar-refractivity contribution in [3.8, 4) is 5.75 Å². The second-order valence-electron chi connectivity index (χ2n) is 5.67. The first-order chi connectivity index (χ1) is 11.0. The fourth-order valence-corrected chi connectivity index (χ4v) is 1.89. The van der Waals surface area contributed by atoms with Crippen LogP contribution in [0.4, 0.5) is 0 Å². The van der Waals surface area contributed by atoms with E-state index >= 15 is 0 Å². The Morgan fingerprint density at radius 3 is 2.26 bits per heavy atom. The fraction of sp³-hybridized carbons (Fsp3) is 0.556. The highest BCUT2D eigenvalue weighted by atomic mass is 16.6. The van der Waals surface area contributed by atoms with E-state index in [-0.39, 0.29) is 24.0 Å². The average Bonchev–Trinajstić information content (AvgIpc) is 2.51. The Bertz CT molecular complexity index is 493. The Morgan fingerprint density at radius 2 is 1.74 bits per heavy atom. The molecule has 0 aliphatic heterocycles. The first kappa shape index (κ1) is 19.0. The minimum absolute atomic E-state index is 0.201. The first-order valence-electron chi connectivity index (χ1n) is 8.05. The number of carbonyl (C=O) groups is 2. The Hall–Kier alpha value is -2.04. The van der Waals surface area contributed by atoms with Crippen LogP contribution in [0.25, 0.3) is 0 Å². The highest BCUT2D eigenvalue weighted by molar-refractivity contribution is 5.89. The van der Waals surface area contributed by atoms with Crippen molar-refractivity contribution in [2.24, 2.45) is 5.92 Å². The zero-order chi connectivity index (χ0) is 17.2. The van der Waals surface area contributed by atoms with Gasteiger partial charge in [-0.1, -0.05) is 20.8 Å². The van der Waals surface area contributed by atoms with Crippen LogP contribution in [0.2, 0.25) is 0 Å². The largest absolute Gasteiger partial charge is 0.490 e. The van der Waals surface area contributed by atoms with E-state index in [1.807, 2.05) is 20.8 Å². The van der Waals surface area contributed by atoms with Gasteiger partial charge in [0, 0.05) is 6.42 Å². The van der Waals surface area contributed by atoms with E-state index in [0.717, 1.165) is 0 Å². The van der Waals surface area contributed by atoms with Crippen molar-refractivity contribution >= 4 is 11.9 Å². The molecule has 5 heteroatoms. The topological polar surface area (TPSA) is 61.8 Å². The van der Waals surface area contributed by atoms with Gasteiger partial charge in [-0.05, 0) is 43.5 Å². The fourth-order valence-electron chi connectivity index (χ4n) is 1.89. The zero-order valence-electron chi connectivity index (χ0n) is 14.3. The van der Waals surface area contributed by atoms with Gasteiger partial charge >= 0.3 is 11.9 Å². The molecule has 0 aromatic heterocycles. The van der Waals surface area contributed by atoms with E-state index in [1.165, 1.54) is 0 Å². The number of esters is 2. The number of hydrogen-bond donors (Lipinski definition) is 0. The van der Waals surface area contributed by atoms with Gasteiger partial charge in [0.2, 0.25) is 0 Å². The van der Waals surface area contributed by atoms with Crippen LogP contribution >= 0.6 is 0 Å². The minimum atomic E-state index is -0.354. The SMILES string of the molecule is CCOC(=O)c1ccc(OCC(CC)OC(=O)CC(C)C)cc1. The first-order valence-corrected chi connectivity index (χ1v) is 8.05. The molecule has 0 bridgehead atoms. The van der Waals surface area contributed by atoms with Crippen molar-refractivity contribution in [1.82, 2.24) is 0 Å². The summed E-state index contributed by atoms with van der Waals surface area (Å²) < 4.78 is 15.9. The Labute approximate surface area is 137 Å². The molecule has 1 atom stereocenters. The van der Waals surface area contributed by atoms with Crippen LogP contribution in [-0.4, -0.2) is 31.3 Å². The smallest absolute Gasteiger partial charge is 0.338 e. The molecular weight excluding hydrogens is 296 g/mol. The lowest BCUT2D eigenvalue weighted by atomic mass is 10.1. The van der Waals surface area contributed by atoms with E-state index in [1.54, 1.807) is 31.2 Å². The second-order valence-corrected chi connectivity index (χ2v) is 5.67. The molecule has 0 N–H and O–H groups in total. The van der Waals surface area contributed by atoms with Gasteiger partial charge in [0.05, 0.1) is 12.2 Å². The van der Waals surface area contributed by atoms with Gasteiger partial charge in [0.1, 0.15) is 18.5 Å². The number of benzene rings is 1. The molecular formula is C18H26O5. The van der Waals surface area contributed by atoms with Gasteiger partial charge in [-0.25, -0.2) is 4.79 Å². The standard InChI is InChI=1S/C18H26O5/c1-5-15(23-17(19)11-13(3)4)12-22-16-9-7-14(8-10-16)18(20)21-6-2/h7-10,13,15H,5-6,11-12H2,1-4H3. The summed E-state index contributed by atoms with van der Waals surface area (Å²) in [5.74, 6) is 0.342. The summed E-state index contributed by atoms with van der Waals surface area (Å²) >= 11 is 0. The lowest BCUT2D eigenvalue weighted by Crippen LogP contribution is -2.25. The summed E-state index contributed by atoms with van der Waals surface area (Å²) in [6, 6.07) is 6.71. The molecule has 0 aliphatic rings. The van der Waals surface area contributed by atoms with Gasteiger partial charge in [0.25, 0.3) is 0 Å². The van der Waals surface area contributed by atoms with Crippen LogP contribution in [0.3, 0.4) is 0 Å². The quantitative estimate of drug-likeness (QED) is 0.650. The summed E-state index contributed by atoms with van der Waals surface area (Å²) in [5, 5.41) is 0. The van der Waals surface area contributed by atoms with E-state index < -0.39 is 0 Å². The molecule has 0 radical (unpaired) electrons. The molecule has 0 saturated carbocycles. The molecule has 0 amide bonds. The van der Waals surface area contributed by atoms with Crippen LogP contribution in [-0.2, 0) is 14.3 Å². The maximum Gasteiger partial charge on any atom is 0.338 e. The van der Waals surface area contributed by atoms with Gasteiger partial charge in [-0.15, -0.1) is 0 Å². The highest BCUT2D eigenvalue weighted by Gasteiger charge is 2.15. The second kappa shape index (κ2) is 9.87. The van der Waals surface area contributed by atoms with Crippen LogP contribution in [0.5, 0.6) is 5.75 Å². The third kappa shape index (κ3) is 7.17. The molecule has 0 fully saturated rings. The molecule has 0 spiro atoms. The maximum absolute atomic E-state index is 11.7. The third-order valence-corrected chi connectivity index (χ3v) is 3.13. The molecule has 1 aromatic rings. The highest BCUT2D eigenvalue weighted by Crippen LogP contribution is 2.15. The normalized spacial score (nSPS) is 11.9. The van der Waals surface area contributed by atoms with Gasteiger partial charge in [0.15, 0.2) is 0 Å². The van der Waals surface area contributed by atoms with Crippen LogP contribution < -0.4 is 4.74 Å². The van der Waals surface area contributed by atoms with E-state index in [0.29, 0.717) is 37.4 Å². The summed E-state index contributed by atoms with van der Waals surface area (Å²) in [6.07, 6.45) is 0.821. The molecule has 5 nitrogen and oxygen atoms in total. The minimum Gasteiger partial charge on any atom is -0.490 e. The third-order valence-electron chi connectivity index (χ3n) is 3.13. The zero-order valence-corrected chi connectivity index (χ0v) is 14.3. The molecule has 23 heavy (non-hydrogen) atoms. The number of ether oxygens (including phenoxy) is 3. The molecule has 128 valence electrons.